The SMILES string of the molecule is CCC(CC)C(O)CNC(=O)COC1CCCCC1C. The minimum atomic E-state index is -0.456. The summed E-state index contributed by atoms with van der Waals surface area (Å²) in [7, 11) is 0. The molecule has 0 aromatic heterocycles. The zero-order valence-corrected chi connectivity index (χ0v) is 13.2. The van der Waals surface area contributed by atoms with Gasteiger partial charge in [0.15, 0.2) is 0 Å². The van der Waals surface area contributed by atoms with Gasteiger partial charge in [0.25, 0.3) is 0 Å². The fourth-order valence-corrected chi connectivity index (χ4v) is 2.98. The van der Waals surface area contributed by atoms with Gasteiger partial charge in [-0.25, -0.2) is 0 Å². The molecule has 0 aromatic carbocycles. The standard InChI is InChI=1S/C16H31NO3/c1-4-13(5-2)14(18)10-17-16(19)11-20-15-9-7-6-8-12(15)3/h12-15,18H,4-11H2,1-3H3,(H,17,19). The van der Waals surface area contributed by atoms with Crippen LogP contribution < -0.4 is 5.32 Å². The van der Waals surface area contributed by atoms with Crippen LogP contribution in [0.3, 0.4) is 0 Å². The average Bonchev–Trinajstić information content (AvgIpc) is 2.45. The van der Waals surface area contributed by atoms with Crippen LogP contribution in [0.15, 0.2) is 0 Å². The number of ether oxygens (including phenoxy) is 1. The Hall–Kier alpha value is -0.610. The molecule has 3 atom stereocenters. The molecule has 3 unspecified atom stereocenters. The molecular formula is C16H31NO3. The van der Waals surface area contributed by atoms with Gasteiger partial charge in [-0.1, -0.05) is 46.5 Å². The lowest BCUT2D eigenvalue weighted by Crippen LogP contribution is -2.39. The Labute approximate surface area is 123 Å². The smallest absolute Gasteiger partial charge is 0.246 e. The molecule has 0 bridgehead atoms. The summed E-state index contributed by atoms with van der Waals surface area (Å²) in [6.45, 7) is 6.76. The van der Waals surface area contributed by atoms with E-state index in [4.69, 9.17) is 4.74 Å². The van der Waals surface area contributed by atoms with Crippen LogP contribution in [0.2, 0.25) is 0 Å². The second-order valence-corrected chi connectivity index (χ2v) is 6.06. The van der Waals surface area contributed by atoms with E-state index in [1.54, 1.807) is 0 Å². The van der Waals surface area contributed by atoms with E-state index in [0.717, 1.165) is 19.3 Å². The maximum Gasteiger partial charge on any atom is 0.246 e. The molecule has 0 heterocycles. The lowest BCUT2D eigenvalue weighted by Gasteiger charge is -2.28. The average molecular weight is 285 g/mol. The number of aliphatic hydroxyl groups is 1. The quantitative estimate of drug-likeness (QED) is 0.720. The van der Waals surface area contributed by atoms with Crippen molar-refractivity contribution in [1.82, 2.24) is 5.32 Å². The Morgan fingerprint density at radius 3 is 2.55 bits per heavy atom. The Morgan fingerprint density at radius 1 is 1.30 bits per heavy atom. The Balaban J connectivity index is 2.19. The largest absolute Gasteiger partial charge is 0.391 e. The highest BCUT2D eigenvalue weighted by atomic mass is 16.5. The summed E-state index contributed by atoms with van der Waals surface area (Å²) in [5, 5.41) is 12.7. The van der Waals surface area contributed by atoms with E-state index in [0.29, 0.717) is 12.5 Å². The van der Waals surface area contributed by atoms with Gasteiger partial charge in [-0.2, -0.15) is 0 Å². The van der Waals surface area contributed by atoms with Gasteiger partial charge >= 0.3 is 0 Å². The number of aliphatic hydroxyl groups excluding tert-OH is 1. The van der Waals surface area contributed by atoms with E-state index in [9.17, 15) is 9.90 Å². The highest BCUT2D eigenvalue weighted by molar-refractivity contribution is 5.77. The monoisotopic (exact) mass is 285 g/mol. The van der Waals surface area contributed by atoms with Crippen LogP contribution in [0.25, 0.3) is 0 Å². The highest BCUT2D eigenvalue weighted by Gasteiger charge is 2.23. The van der Waals surface area contributed by atoms with E-state index in [1.165, 1.54) is 19.3 Å². The molecule has 0 aromatic rings. The second kappa shape index (κ2) is 9.35. The number of hydrogen-bond donors (Lipinski definition) is 2. The van der Waals surface area contributed by atoms with Gasteiger partial charge in [0, 0.05) is 6.54 Å². The van der Waals surface area contributed by atoms with Crippen LogP contribution in [0.4, 0.5) is 0 Å². The van der Waals surface area contributed by atoms with E-state index >= 15 is 0 Å². The number of rotatable bonds is 8. The molecule has 0 radical (unpaired) electrons. The zero-order valence-electron chi connectivity index (χ0n) is 13.2. The highest BCUT2D eigenvalue weighted by Crippen LogP contribution is 2.26. The maximum atomic E-state index is 11.7. The summed E-state index contributed by atoms with van der Waals surface area (Å²) in [5.74, 6) is 0.689. The van der Waals surface area contributed by atoms with Crippen LogP contribution in [-0.4, -0.2) is 36.4 Å². The summed E-state index contributed by atoms with van der Waals surface area (Å²) in [5.41, 5.74) is 0. The van der Waals surface area contributed by atoms with Crippen LogP contribution in [-0.2, 0) is 9.53 Å². The lowest BCUT2D eigenvalue weighted by molar-refractivity contribution is -0.130. The molecule has 0 saturated heterocycles. The molecule has 0 aliphatic heterocycles. The van der Waals surface area contributed by atoms with Crippen molar-refractivity contribution >= 4 is 5.91 Å². The summed E-state index contributed by atoms with van der Waals surface area (Å²) in [6.07, 6.45) is 6.36. The molecule has 4 nitrogen and oxygen atoms in total. The van der Waals surface area contributed by atoms with Crippen molar-refractivity contribution in [1.29, 1.82) is 0 Å². The van der Waals surface area contributed by atoms with E-state index in [2.05, 4.69) is 26.1 Å². The molecular weight excluding hydrogens is 254 g/mol. The number of nitrogens with one attached hydrogen (secondary N) is 1. The molecule has 20 heavy (non-hydrogen) atoms. The van der Waals surface area contributed by atoms with Gasteiger partial charge in [-0.15, -0.1) is 0 Å². The Morgan fingerprint density at radius 2 is 1.95 bits per heavy atom. The molecule has 2 N–H and O–H groups in total. The normalized spacial score (nSPS) is 24.6. The molecule has 4 heteroatoms. The number of hydrogen-bond acceptors (Lipinski definition) is 3. The van der Waals surface area contributed by atoms with Crippen molar-refractivity contribution in [2.24, 2.45) is 11.8 Å². The van der Waals surface area contributed by atoms with Crippen molar-refractivity contribution in [2.75, 3.05) is 13.2 Å². The Kier molecular flexibility index (Phi) is 8.15. The first kappa shape index (κ1) is 17.4. The van der Waals surface area contributed by atoms with Gasteiger partial charge < -0.3 is 15.2 Å². The third kappa shape index (κ3) is 5.80. The van der Waals surface area contributed by atoms with Crippen molar-refractivity contribution in [3.05, 3.63) is 0 Å². The first-order valence-corrected chi connectivity index (χ1v) is 8.14. The lowest BCUT2D eigenvalue weighted by atomic mass is 9.88. The first-order chi connectivity index (χ1) is 9.58. The van der Waals surface area contributed by atoms with Gasteiger partial charge in [-0.3, -0.25) is 4.79 Å². The van der Waals surface area contributed by atoms with Gasteiger partial charge in [0.1, 0.15) is 6.61 Å². The van der Waals surface area contributed by atoms with Gasteiger partial charge in [0.05, 0.1) is 12.2 Å². The molecule has 1 rings (SSSR count). The zero-order chi connectivity index (χ0) is 15.0. The second-order valence-electron chi connectivity index (χ2n) is 6.06. The van der Waals surface area contributed by atoms with E-state index < -0.39 is 6.10 Å². The maximum absolute atomic E-state index is 11.7. The van der Waals surface area contributed by atoms with Crippen molar-refractivity contribution in [2.45, 2.75) is 71.5 Å². The predicted octanol–water partition coefficient (Wildman–Crippen LogP) is 2.50. The minimum absolute atomic E-state index is 0.116. The number of amides is 1. The van der Waals surface area contributed by atoms with Gasteiger partial charge in [-0.05, 0) is 24.7 Å². The van der Waals surface area contributed by atoms with Crippen molar-refractivity contribution in [3.63, 3.8) is 0 Å². The number of carbonyl (C=O) groups is 1. The molecule has 0 spiro atoms. The van der Waals surface area contributed by atoms with E-state index in [-0.39, 0.29) is 24.5 Å². The van der Waals surface area contributed by atoms with E-state index in [1.807, 2.05) is 0 Å². The topological polar surface area (TPSA) is 58.6 Å². The molecule has 1 aliphatic carbocycles. The van der Waals surface area contributed by atoms with Crippen molar-refractivity contribution in [3.8, 4) is 0 Å². The summed E-state index contributed by atoms with van der Waals surface area (Å²) in [4.78, 5) is 11.7. The fourth-order valence-electron chi connectivity index (χ4n) is 2.98. The Bertz CT molecular complexity index is 279. The fraction of sp³-hybridized carbons (Fsp3) is 0.938. The first-order valence-electron chi connectivity index (χ1n) is 8.14. The third-order valence-corrected chi connectivity index (χ3v) is 4.56. The molecule has 1 aliphatic rings. The van der Waals surface area contributed by atoms with Crippen LogP contribution >= 0.6 is 0 Å². The molecule has 1 saturated carbocycles. The summed E-state index contributed by atoms with van der Waals surface area (Å²) >= 11 is 0. The van der Waals surface area contributed by atoms with Crippen LogP contribution in [0, 0.1) is 11.8 Å². The summed E-state index contributed by atoms with van der Waals surface area (Å²) in [6, 6.07) is 0. The van der Waals surface area contributed by atoms with Gasteiger partial charge in [0.2, 0.25) is 5.91 Å². The predicted molar refractivity (Wildman–Crippen MR) is 80.5 cm³/mol. The molecule has 118 valence electrons. The molecule has 1 amide bonds. The minimum Gasteiger partial charge on any atom is -0.391 e. The molecule has 1 fully saturated rings. The summed E-state index contributed by atoms with van der Waals surface area (Å²) < 4.78 is 5.71. The number of carbonyl (C=O) groups excluding carboxylic acids is 1. The van der Waals surface area contributed by atoms with Crippen LogP contribution in [0.5, 0.6) is 0 Å². The third-order valence-electron chi connectivity index (χ3n) is 4.56. The van der Waals surface area contributed by atoms with Crippen molar-refractivity contribution < 1.29 is 14.6 Å². The van der Waals surface area contributed by atoms with Crippen LogP contribution in [0.1, 0.15) is 59.3 Å².